The molecule has 0 saturated heterocycles. The molecule has 1 N–H and O–H groups in total. The van der Waals surface area contributed by atoms with E-state index >= 15 is 0 Å². The van der Waals surface area contributed by atoms with Gasteiger partial charge in [0.1, 0.15) is 0 Å². The van der Waals surface area contributed by atoms with Crippen molar-refractivity contribution in [2.75, 3.05) is 0 Å². The van der Waals surface area contributed by atoms with Gasteiger partial charge in [0.15, 0.2) is 0 Å². The summed E-state index contributed by atoms with van der Waals surface area (Å²) >= 11 is 0. The molecule has 0 radical (unpaired) electrons. The van der Waals surface area contributed by atoms with Crippen molar-refractivity contribution < 1.29 is 0 Å². The number of benzene rings is 1. The Labute approximate surface area is 126 Å². The Hall–Kier alpha value is -1.67. The van der Waals surface area contributed by atoms with Crippen molar-refractivity contribution in [2.45, 2.75) is 50.6 Å². The van der Waals surface area contributed by atoms with Gasteiger partial charge in [-0.15, -0.1) is 0 Å². The molecule has 2 saturated carbocycles. The molecule has 2 aliphatic rings. The van der Waals surface area contributed by atoms with E-state index in [9.17, 15) is 0 Å². The molecular weight excluding hydrogens is 256 g/mol. The third-order valence-corrected chi connectivity index (χ3v) is 4.79. The van der Waals surface area contributed by atoms with E-state index in [4.69, 9.17) is 0 Å². The van der Waals surface area contributed by atoms with Crippen LogP contribution in [0.2, 0.25) is 0 Å². The minimum absolute atomic E-state index is 0.746. The smallest absolute Gasteiger partial charge is 0.0346 e. The third-order valence-electron chi connectivity index (χ3n) is 4.79. The van der Waals surface area contributed by atoms with E-state index in [1.54, 1.807) is 0 Å². The fourth-order valence-corrected chi connectivity index (χ4v) is 2.98. The first-order chi connectivity index (χ1) is 10.4. The van der Waals surface area contributed by atoms with Crippen LogP contribution in [0.3, 0.4) is 0 Å². The van der Waals surface area contributed by atoms with Crippen molar-refractivity contribution >= 4 is 0 Å². The first kappa shape index (κ1) is 13.0. The fraction of sp³-hybridized carbons (Fsp3) is 0.421. The first-order valence-corrected chi connectivity index (χ1v) is 8.16. The van der Waals surface area contributed by atoms with Crippen LogP contribution in [-0.2, 0) is 6.54 Å². The number of nitrogens with zero attached hydrogens (tertiary/aromatic N) is 1. The predicted octanol–water partition coefficient (Wildman–Crippen LogP) is 4.27. The average molecular weight is 278 g/mol. The van der Waals surface area contributed by atoms with Crippen molar-refractivity contribution in [3.8, 4) is 11.1 Å². The van der Waals surface area contributed by atoms with Crippen LogP contribution in [0.5, 0.6) is 0 Å². The molecule has 0 spiro atoms. The monoisotopic (exact) mass is 278 g/mol. The van der Waals surface area contributed by atoms with Crippen LogP contribution in [0.25, 0.3) is 11.1 Å². The molecule has 0 unspecified atom stereocenters. The van der Waals surface area contributed by atoms with Crippen LogP contribution in [-0.4, -0.2) is 11.0 Å². The molecule has 2 heteroatoms. The molecule has 108 valence electrons. The fourth-order valence-electron chi connectivity index (χ4n) is 2.98. The molecule has 2 nitrogen and oxygen atoms in total. The molecule has 2 aromatic rings. The number of rotatable bonds is 5. The third kappa shape index (κ3) is 3.01. The molecule has 0 aliphatic heterocycles. The van der Waals surface area contributed by atoms with Crippen molar-refractivity contribution in [1.29, 1.82) is 0 Å². The highest BCUT2D eigenvalue weighted by atomic mass is 14.9. The Morgan fingerprint density at radius 3 is 2.43 bits per heavy atom. The normalized spacial score (nSPS) is 18.5. The summed E-state index contributed by atoms with van der Waals surface area (Å²) in [4.78, 5) is 4.40. The quantitative estimate of drug-likeness (QED) is 0.883. The number of pyridine rings is 1. The zero-order valence-electron chi connectivity index (χ0n) is 12.4. The number of hydrogen-bond donors (Lipinski definition) is 1. The van der Waals surface area contributed by atoms with Crippen LogP contribution in [0.15, 0.2) is 42.7 Å². The lowest BCUT2D eigenvalue weighted by Gasteiger charge is -2.25. The summed E-state index contributed by atoms with van der Waals surface area (Å²) in [5, 5.41) is 3.55. The highest BCUT2D eigenvalue weighted by Crippen LogP contribution is 2.36. The minimum atomic E-state index is 0.746. The van der Waals surface area contributed by atoms with Crippen molar-refractivity contribution in [1.82, 2.24) is 10.3 Å². The minimum Gasteiger partial charge on any atom is -0.310 e. The molecule has 2 aliphatic carbocycles. The van der Waals surface area contributed by atoms with E-state index < -0.39 is 0 Å². The van der Waals surface area contributed by atoms with E-state index in [1.165, 1.54) is 54.4 Å². The molecule has 1 heterocycles. The van der Waals surface area contributed by atoms with Gasteiger partial charge in [-0.1, -0.05) is 30.7 Å². The molecule has 21 heavy (non-hydrogen) atoms. The average Bonchev–Trinajstić information content (AvgIpc) is 3.29. The van der Waals surface area contributed by atoms with Crippen LogP contribution < -0.4 is 5.32 Å². The highest BCUT2D eigenvalue weighted by molar-refractivity contribution is 5.63. The van der Waals surface area contributed by atoms with Crippen molar-refractivity contribution in [3.63, 3.8) is 0 Å². The van der Waals surface area contributed by atoms with E-state index in [1.807, 2.05) is 12.4 Å². The Morgan fingerprint density at radius 1 is 0.952 bits per heavy atom. The summed E-state index contributed by atoms with van der Waals surface area (Å²) in [6.07, 6.45) is 10.7. The number of aromatic nitrogens is 1. The van der Waals surface area contributed by atoms with E-state index in [2.05, 4.69) is 40.6 Å². The first-order valence-electron chi connectivity index (χ1n) is 8.16. The lowest BCUT2D eigenvalue weighted by Crippen LogP contribution is -2.15. The molecule has 0 amide bonds. The maximum absolute atomic E-state index is 4.40. The molecule has 1 aromatic carbocycles. The van der Waals surface area contributed by atoms with Gasteiger partial charge in [0.2, 0.25) is 0 Å². The summed E-state index contributed by atoms with van der Waals surface area (Å²) < 4.78 is 0. The molecular formula is C19H22N2. The van der Waals surface area contributed by atoms with Crippen molar-refractivity contribution in [3.05, 3.63) is 53.9 Å². The second-order valence-corrected chi connectivity index (χ2v) is 6.49. The van der Waals surface area contributed by atoms with Gasteiger partial charge < -0.3 is 5.32 Å². The topological polar surface area (TPSA) is 24.9 Å². The van der Waals surface area contributed by atoms with E-state index in [0.29, 0.717) is 0 Å². The van der Waals surface area contributed by atoms with Gasteiger partial charge in [0.05, 0.1) is 0 Å². The highest BCUT2D eigenvalue weighted by Gasteiger charge is 2.20. The lowest BCUT2D eigenvalue weighted by molar-refractivity contribution is 0.420. The van der Waals surface area contributed by atoms with Gasteiger partial charge in [-0.25, -0.2) is 0 Å². The summed E-state index contributed by atoms with van der Waals surface area (Å²) in [5.74, 6) is 0.811. The predicted molar refractivity (Wildman–Crippen MR) is 86.1 cm³/mol. The SMILES string of the molecule is c1ncc(-c2ccc(C3CCC3)cc2)cc1CNC1CC1. The summed E-state index contributed by atoms with van der Waals surface area (Å²) in [6.45, 7) is 0.936. The van der Waals surface area contributed by atoms with Gasteiger partial charge in [-0.05, 0) is 54.4 Å². The molecule has 4 rings (SSSR count). The molecule has 1 aromatic heterocycles. The standard InChI is InChI=1S/C19H22N2/c1-2-15(3-1)16-4-6-17(7-5-16)18-10-14(11-20-13-18)12-21-19-8-9-19/h4-7,10-11,13,15,19,21H,1-3,8-9,12H2. The zero-order chi connectivity index (χ0) is 14.1. The Morgan fingerprint density at radius 2 is 1.76 bits per heavy atom. The van der Waals surface area contributed by atoms with Gasteiger partial charge in [0, 0.05) is 30.5 Å². The van der Waals surface area contributed by atoms with Gasteiger partial charge >= 0.3 is 0 Å². The Kier molecular flexibility index (Phi) is 3.48. The number of nitrogens with one attached hydrogen (secondary N) is 1. The zero-order valence-corrected chi connectivity index (χ0v) is 12.4. The molecule has 0 atom stereocenters. The molecule has 2 fully saturated rings. The Balaban J connectivity index is 1.49. The Bertz CT molecular complexity index is 610. The summed E-state index contributed by atoms with van der Waals surface area (Å²) in [6, 6.07) is 12.1. The van der Waals surface area contributed by atoms with Gasteiger partial charge in [-0.3, -0.25) is 4.98 Å². The van der Waals surface area contributed by atoms with Gasteiger partial charge in [0.25, 0.3) is 0 Å². The lowest BCUT2D eigenvalue weighted by atomic mass is 9.80. The van der Waals surface area contributed by atoms with Crippen LogP contribution in [0.1, 0.15) is 49.1 Å². The van der Waals surface area contributed by atoms with E-state index in [-0.39, 0.29) is 0 Å². The van der Waals surface area contributed by atoms with Gasteiger partial charge in [-0.2, -0.15) is 0 Å². The second kappa shape index (κ2) is 5.61. The van der Waals surface area contributed by atoms with E-state index in [0.717, 1.165) is 18.5 Å². The second-order valence-electron chi connectivity index (χ2n) is 6.49. The maximum atomic E-state index is 4.40. The van der Waals surface area contributed by atoms with Crippen LogP contribution >= 0.6 is 0 Å². The van der Waals surface area contributed by atoms with Crippen molar-refractivity contribution in [2.24, 2.45) is 0 Å². The molecule has 0 bridgehead atoms. The summed E-state index contributed by atoms with van der Waals surface area (Å²) in [7, 11) is 0. The van der Waals surface area contributed by atoms with Crippen LogP contribution in [0.4, 0.5) is 0 Å². The largest absolute Gasteiger partial charge is 0.310 e. The number of hydrogen-bond acceptors (Lipinski definition) is 2. The summed E-state index contributed by atoms with van der Waals surface area (Å²) in [5.41, 5.74) is 5.29. The maximum Gasteiger partial charge on any atom is 0.0346 e. The van der Waals surface area contributed by atoms with Crippen LogP contribution in [0, 0.1) is 0 Å².